The monoisotopic (exact) mass is 393 g/mol. The Bertz CT molecular complexity index is 703. The largest absolute Gasteiger partial charge is 0.494 e. The van der Waals surface area contributed by atoms with Crippen LogP contribution in [0.3, 0.4) is 0 Å². The molecule has 0 saturated carbocycles. The van der Waals surface area contributed by atoms with E-state index in [0.29, 0.717) is 35.4 Å². The van der Waals surface area contributed by atoms with Gasteiger partial charge in [0.15, 0.2) is 0 Å². The van der Waals surface area contributed by atoms with E-state index in [4.69, 9.17) is 21.7 Å². The van der Waals surface area contributed by atoms with Gasteiger partial charge in [0.05, 0.1) is 18.1 Å². The van der Waals surface area contributed by atoms with Crippen LogP contribution in [0.4, 0.5) is 0 Å². The van der Waals surface area contributed by atoms with Crippen LogP contribution in [0.5, 0.6) is 5.75 Å². The van der Waals surface area contributed by atoms with Gasteiger partial charge in [-0.25, -0.2) is 0 Å². The summed E-state index contributed by atoms with van der Waals surface area (Å²) in [6.45, 7) is 5.26. The lowest BCUT2D eigenvalue weighted by Crippen LogP contribution is -2.29. The SMILES string of the molecule is CCCOc1cccc(/C=C2/SC(=S)N(CCCC(=O)OCC)C2=O)c1. The molecule has 0 aromatic heterocycles. The summed E-state index contributed by atoms with van der Waals surface area (Å²) in [6, 6.07) is 7.62. The average Bonchev–Trinajstić information content (AvgIpc) is 2.88. The number of hydrogen-bond acceptors (Lipinski definition) is 6. The lowest BCUT2D eigenvalue weighted by molar-refractivity contribution is -0.143. The molecule has 1 aromatic rings. The van der Waals surface area contributed by atoms with E-state index in [9.17, 15) is 9.59 Å². The minimum absolute atomic E-state index is 0.122. The van der Waals surface area contributed by atoms with E-state index < -0.39 is 0 Å². The molecule has 1 aliphatic heterocycles. The fraction of sp³-hybridized carbons (Fsp3) is 0.421. The van der Waals surface area contributed by atoms with Crippen LogP contribution < -0.4 is 4.74 Å². The van der Waals surface area contributed by atoms with Crippen LogP contribution in [0.25, 0.3) is 6.08 Å². The average molecular weight is 394 g/mol. The Morgan fingerprint density at radius 2 is 2.15 bits per heavy atom. The Morgan fingerprint density at radius 1 is 1.35 bits per heavy atom. The van der Waals surface area contributed by atoms with Gasteiger partial charge < -0.3 is 9.47 Å². The molecule has 7 heteroatoms. The number of esters is 1. The van der Waals surface area contributed by atoms with Gasteiger partial charge in [0.2, 0.25) is 0 Å². The predicted molar refractivity (Wildman–Crippen MR) is 108 cm³/mol. The smallest absolute Gasteiger partial charge is 0.305 e. The highest BCUT2D eigenvalue weighted by Crippen LogP contribution is 2.33. The Hall–Kier alpha value is -1.86. The number of hydrogen-bond donors (Lipinski definition) is 0. The molecule has 0 spiro atoms. The van der Waals surface area contributed by atoms with Crippen molar-refractivity contribution < 1.29 is 19.1 Å². The quantitative estimate of drug-likeness (QED) is 0.359. The van der Waals surface area contributed by atoms with Crippen molar-refractivity contribution in [3.05, 3.63) is 34.7 Å². The van der Waals surface area contributed by atoms with E-state index >= 15 is 0 Å². The van der Waals surface area contributed by atoms with Crippen molar-refractivity contribution in [2.45, 2.75) is 33.1 Å². The normalized spacial score (nSPS) is 15.6. The van der Waals surface area contributed by atoms with Gasteiger partial charge in [-0.1, -0.05) is 43.0 Å². The van der Waals surface area contributed by atoms with Crippen molar-refractivity contribution in [1.29, 1.82) is 0 Å². The molecule has 0 unspecified atom stereocenters. The summed E-state index contributed by atoms with van der Waals surface area (Å²) in [6.07, 6.45) is 3.57. The third-order valence-corrected chi connectivity index (χ3v) is 4.95. The van der Waals surface area contributed by atoms with Gasteiger partial charge in [-0.15, -0.1) is 0 Å². The number of ether oxygens (including phenoxy) is 2. The molecule has 1 amide bonds. The zero-order valence-electron chi connectivity index (χ0n) is 15.0. The molecule has 26 heavy (non-hydrogen) atoms. The summed E-state index contributed by atoms with van der Waals surface area (Å²) < 4.78 is 11.0. The summed E-state index contributed by atoms with van der Waals surface area (Å²) >= 11 is 6.59. The summed E-state index contributed by atoms with van der Waals surface area (Å²) in [5, 5.41) is 0. The Labute approximate surface area is 163 Å². The standard InChI is InChI=1S/C19H23NO4S2/c1-3-11-24-15-8-5-7-14(12-15)13-16-18(22)20(19(25)26-16)10-6-9-17(21)23-4-2/h5,7-8,12-13H,3-4,6,9-11H2,1-2H3/b16-13+. The number of benzene rings is 1. The number of carbonyl (C=O) groups is 2. The summed E-state index contributed by atoms with van der Waals surface area (Å²) in [7, 11) is 0. The fourth-order valence-corrected chi connectivity index (χ4v) is 3.68. The maximum atomic E-state index is 12.6. The van der Waals surface area contributed by atoms with Crippen LogP contribution in [0.1, 0.15) is 38.7 Å². The molecule has 1 heterocycles. The van der Waals surface area contributed by atoms with Gasteiger partial charge in [0, 0.05) is 13.0 Å². The summed E-state index contributed by atoms with van der Waals surface area (Å²) in [5.74, 6) is 0.409. The first kappa shape index (κ1) is 20.5. The van der Waals surface area contributed by atoms with E-state index in [2.05, 4.69) is 6.92 Å². The van der Waals surface area contributed by atoms with E-state index in [0.717, 1.165) is 17.7 Å². The van der Waals surface area contributed by atoms with Crippen molar-refractivity contribution in [3.63, 3.8) is 0 Å². The van der Waals surface area contributed by atoms with Gasteiger partial charge >= 0.3 is 5.97 Å². The highest BCUT2D eigenvalue weighted by molar-refractivity contribution is 8.26. The van der Waals surface area contributed by atoms with Crippen molar-refractivity contribution in [2.24, 2.45) is 0 Å². The lowest BCUT2D eigenvalue weighted by atomic mass is 10.2. The Balaban J connectivity index is 1.99. The van der Waals surface area contributed by atoms with Gasteiger partial charge in [0.1, 0.15) is 10.1 Å². The molecule has 1 aromatic carbocycles. The van der Waals surface area contributed by atoms with Gasteiger partial charge in [-0.05, 0) is 43.5 Å². The molecule has 0 aliphatic carbocycles. The first-order chi connectivity index (χ1) is 12.5. The van der Waals surface area contributed by atoms with Crippen molar-refractivity contribution in [3.8, 4) is 5.75 Å². The first-order valence-corrected chi connectivity index (χ1v) is 9.91. The molecule has 140 valence electrons. The van der Waals surface area contributed by atoms with Crippen LogP contribution in [-0.2, 0) is 14.3 Å². The summed E-state index contributed by atoms with van der Waals surface area (Å²) in [4.78, 5) is 26.1. The molecule has 1 aliphatic rings. The minimum Gasteiger partial charge on any atom is -0.494 e. The molecular formula is C19H23NO4S2. The number of thiocarbonyl (C=S) groups is 1. The second-order valence-corrected chi connectivity index (χ2v) is 7.34. The Morgan fingerprint density at radius 3 is 2.88 bits per heavy atom. The highest BCUT2D eigenvalue weighted by atomic mass is 32.2. The van der Waals surface area contributed by atoms with E-state index in [1.165, 1.54) is 11.8 Å². The third-order valence-electron chi connectivity index (χ3n) is 3.57. The van der Waals surface area contributed by atoms with E-state index in [-0.39, 0.29) is 18.3 Å². The predicted octanol–water partition coefficient (Wildman–Crippen LogP) is 4.02. The number of nitrogens with zero attached hydrogens (tertiary/aromatic N) is 1. The molecule has 5 nitrogen and oxygen atoms in total. The maximum Gasteiger partial charge on any atom is 0.305 e. The zero-order chi connectivity index (χ0) is 18.9. The second-order valence-electron chi connectivity index (χ2n) is 5.66. The topological polar surface area (TPSA) is 55.8 Å². The minimum atomic E-state index is -0.252. The molecule has 0 bridgehead atoms. The molecule has 1 saturated heterocycles. The van der Waals surface area contributed by atoms with Gasteiger partial charge in [0.25, 0.3) is 5.91 Å². The van der Waals surface area contributed by atoms with Gasteiger partial charge in [-0.3, -0.25) is 14.5 Å². The zero-order valence-corrected chi connectivity index (χ0v) is 16.7. The molecule has 2 rings (SSSR count). The molecular weight excluding hydrogens is 370 g/mol. The number of carbonyl (C=O) groups excluding carboxylic acids is 2. The first-order valence-electron chi connectivity index (χ1n) is 8.69. The van der Waals surface area contributed by atoms with Crippen molar-refractivity contribution >= 4 is 46.3 Å². The van der Waals surface area contributed by atoms with Crippen LogP contribution in [0.15, 0.2) is 29.2 Å². The lowest BCUT2D eigenvalue weighted by Gasteiger charge is -2.13. The summed E-state index contributed by atoms with van der Waals surface area (Å²) in [5.41, 5.74) is 0.894. The molecule has 0 radical (unpaired) electrons. The third kappa shape index (κ3) is 5.85. The second kappa shape index (κ2) is 10.3. The fourth-order valence-electron chi connectivity index (χ4n) is 2.37. The maximum absolute atomic E-state index is 12.6. The van der Waals surface area contributed by atoms with Crippen LogP contribution in [0, 0.1) is 0 Å². The molecule has 1 fully saturated rings. The van der Waals surface area contributed by atoms with Crippen molar-refractivity contribution in [2.75, 3.05) is 19.8 Å². The van der Waals surface area contributed by atoms with E-state index in [1.54, 1.807) is 11.8 Å². The van der Waals surface area contributed by atoms with E-state index in [1.807, 2.05) is 30.3 Å². The van der Waals surface area contributed by atoms with Crippen LogP contribution in [0.2, 0.25) is 0 Å². The molecule has 0 atom stereocenters. The molecule has 0 N–H and O–H groups in total. The number of amides is 1. The van der Waals surface area contributed by atoms with Crippen molar-refractivity contribution in [1.82, 2.24) is 4.90 Å². The van der Waals surface area contributed by atoms with Gasteiger partial charge in [-0.2, -0.15) is 0 Å². The Kier molecular flexibility index (Phi) is 8.12. The number of rotatable bonds is 9. The highest BCUT2D eigenvalue weighted by Gasteiger charge is 2.31. The van der Waals surface area contributed by atoms with Crippen LogP contribution >= 0.6 is 24.0 Å². The number of thioether (sulfide) groups is 1. The van der Waals surface area contributed by atoms with Crippen LogP contribution in [-0.4, -0.2) is 40.9 Å².